The summed E-state index contributed by atoms with van der Waals surface area (Å²) in [7, 11) is 3.99. The Hall–Kier alpha value is -4.62. The number of hydrogen-bond donors (Lipinski definition) is 4. The van der Waals surface area contributed by atoms with Gasteiger partial charge in [0.15, 0.2) is 0 Å². The van der Waals surface area contributed by atoms with Crippen LogP contribution in [-0.4, -0.2) is 60.8 Å². The molecule has 180 valence electrons. The number of urea groups is 1. The predicted octanol–water partition coefficient (Wildman–Crippen LogP) is 1.69. The molecule has 0 fully saturated rings. The Morgan fingerprint density at radius 3 is 2.43 bits per heavy atom. The monoisotopic (exact) mass is 472 g/mol. The van der Waals surface area contributed by atoms with E-state index in [-0.39, 0.29) is 17.8 Å². The SMILES string of the molecule is C#CC(=O)N1CC=C(c2ccc(NC(=O)N/C(N)=N\C(N)=Nc3ccc(CN(C)C)cc3)cc2)C1. The van der Waals surface area contributed by atoms with Gasteiger partial charge >= 0.3 is 6.03 Å². The third-order valence-electron chi connectivity index (χ3n) is 5.00. The highest BCUT2D eigenvalue weighted by molar-refractivity contribution is 6.05. The van der Waals surface area contributed by atoms with Gasteiger partial charge in [-0.05, 0) is 61.0 Å². The van der Waals surface area contributed by atoms with Gasteiger partial charge in [-0.25, -0.2) is 9.79 Å². The maximum absolute atomic E-state index is 12.2. The number of benzene rings is 2. The van der Waals surface area contributed by atoms with Crippen LogP contribution in [0.25, 0.3) is 5.57 Å². The van der Waals surface area contributed by atoms with E-state index in [1.807, 2.05) is 56.6 Å². The summed E-state index contributed by atoms with van der Waals surface area (Å²) in [5.74, 6) is 1.50. The van der Waals surface area contributed by atoms with Gasteiger partial charge in [0.2, 0.25) is 11.9 Å². The molecular formula is C25H28N8O2. The number of amides is 3. The van der Waals surface area contributed by atoms with Crippen molar-refractivity contribution in [2.24, 2.45) is 21.5 Å². The van der Waals surface area contributed by atoms with Gasteiger partial charge in [-0.1, -0.05) is 30.3 Å². The van der Waals surface area contributed by atoms with Crippen LogP contribution in [0.15, 0.2) is 64.6 Å². The first-order valence-electron chi connectivity index (χ1n) is 10.8. The average molecular weight is 473 g/mol. The van der Waals surface area contributed by atoms with E-state index in [9.17, 15) is 9.59 Å². The van der Waals surface area contributed by atoms with E-state index < -0.39 is 6.03 Å². The summed E-state index contributed by atoms with van der Waals surface area (Å²) in [5, 5.41) is 5.07. The summed E-state index contributed by atoms with van der Waals surface area (Å²) in [5.41, 5.74) is 15.8. The summed E-state index contributed by atoms with van der Waals surface area (Å²) >= 11 is 0. The summed E-state index contributed by atoms with van der Waals surface area (Å²) in [6.07, 6.45) is 7.12. The molecule has 2 aromatic carbocycles. The largest absolute Gasteiger partial charge is 0.369 e. The third kappa shape index (κ3) is 7.45. The Balaban J connectivity index is 1.52. The molecule has 0 saturated heterocycles. The molecule has 6 N–H and O–H groups in total. The highest BCUT2D eigenvalue weighted by atomic mass is 16.2. The molecule has 10 heteroatoms. The molecule has 0 saturated carbocycles. The van der Waals surface area contributed by atoms with Crippen molar-refractivity contribution in [1.29, 1.82) is 0 Å². The molecule has 0 atom stereocenters. The highest BCUT2D eigenvalue weighted by Crippen LogP contribution is 2.22. The van der Waals surface area contributed by atoms with E-state index in [1.54, 1.807) is 17.0 Å². The minimum atomic E-state index is -0.578. The standard InChI is InChI=1S/C25H28N8O2/c1-4-22(34)33-14-13-19(16-33)18-7-11-21(12-8-18)29-25(35)31-24(27)30-23(26)28-20-9-5-17(6-10-20)15-32(2)3/h1,5-13H,14-16H2,2-3H3,(H6,26,27,28,29,30,31,35). The molecule has 0 spiro atoms. The average Bonchev–Trinajstić information content (AvgIpc) is 3.30. The van der Waals surface area contributed by atoms with Crippen molar-refractivity contribution >= 4 is 40.8 Å². The summed E-state index contributed by atoms with van der Waals surface area (Å²) in [6.45, 7) is 1.75. The lowest BCUT2D eigenvalue weighted by Crippen LogP contribution is -2.40. The van der Waals surface area contributed by atoms with Gasteiger partial charge in [-0.3, -0.25) is 10.1 Å². The number of nitrogens with zero attached hydrogens (tertiary/aromatic N) is 4. The van der Waals surface area contributed by atoms with Crippen molar-refractivity contribution in [2.75, 3.05) is 32.5 Å². The van der Waals surface area contributed by atoms with Crippen LogP contribution in [0.1, 0.15) is 11.1 Å². The molecule has 10 nitrogen and oxygen atoms in total. The molecule has 35 heavy (non-hydrogen) atoms. The number of hydrogen-bond acceptors (Lipinski definition) is 4. The van der Waals surface area contributed by atoms with Crippen molar-refractivity contribution in [3.63, 3.8) is 0 Å². The molecule has 3 rings (SSSR count). The van der Waals surface area contributed by atoms with Crippen molar-refractivity contribution in [3.05, 3.63) is 65.7 Å². The number of rotatable bonds is 5. The fourth-order valence-electron chi connectivity index (χ4n) is 3.41. The number of anilines is 1. The molecule has 1 heterocycles. The number of aliphatic imine (C=N–C) groups is 2. The predicted molar refractivity (Wildman–Crippen MR) is 139 cm³/mol. The topological polar surface area (TPSA) is 141 Å². The van der Waals surface area contributed by atoms with Crippen LogP contribution >= 0.6 is 0 Å². The van der Waals surface area contributed by atoms with Crippen LogP contribution in [0.3, 0.4) is 0 Å². The van der Waals surface area contributed by atoms with Crippen LogP contribution < -0.4 is 22.1 Å². The lowest BCUT2D eigenvalue weighted by atomic mass is 10.1. The molecule has 0 radical (unpaired) electrons. The second kappa shape index (κ2) is 11.5. The smallest absolute Gasteiger partial charge is 0.325 e. The first kappa shape index (κ1) is 25.0. The van der Waals surface area contributed by atoms with Crippen LogP contribution in [0.5, 0.6) is 0 Å². The quantitative estimate of drug-likeness (QED) is 0.298. The maximum atomic E-state index is 12.2. The van der Waals surface area contributed by atoms with Crippen molar-refractivity contribution in [2.45, 2.75) is 6.54 Å². The Kier molecular flexibility index (Phi) is 8.21. The number of guanidine groups is 2. The van der Waals surface area contributed by atoms with Crippen molar-refractivity contribution < 1.29 is 9.59 Å². The van der Waals surface area contributed by atoms with Crippen LogP contribution in [0, 0.1) is 12.3 Å². The van der Waals surface area contributed by atoms with Gasteiger partial charge < -0.3 is 26.6 Å². The molecule has 1 aliphatic rings. The molecule has 0 bridgehead atoms. The van der Waals surface area contributed by atoms with Gasteiger partial charge in [0.25, 0.3) is 5.91 Å². The molecule has 0 aliphatic carbocycles. The summed E-state index contributed by atoms with van der Waals surface area (Å²) in [6, 6.07) is 14.1. The van der Waals surface area contributed by atoms with E-state index in [0.717, 1.165) is 23.2 Å². The van der Waals surface area contributed by atoms with Crippen molar-refractivity contribution in [1.82, 2.24) is 15.1 Å². The van der Waals surface area contributed by atoms with E-state index in [1.165, 1.54) is 0 Å². The van der Waals surface area contributed by atoms with Crippen LogP contribution in [0.2, 0.25) is 0 Å². The van der Waals surface area contributed by atoms with E-state index in [0.29, 0.717) is 24.5 Å². The van der Waals surface area contributed by atoms with E-state index in [4.69, 9.17) is 17.9 Å². The van der Waals surface area contributed by atoms with Gasteiger partial charge in [0, 0.05) is 25.3 Å². The zero-order valence-corrected chi connectivity index (χ0v) is 19.7. The van der Waals surface area contributed by atoms with Crippen molar-refractivity contribution in [3.8, 4) is 12.3 Å². The first-order valence-corrected chi connectivity index (χ1v) is 10.8. The Morgan fingerprint density at radius 1 is 1.11 bits per heavy atom. The number of carbonyl (C=O) groups excluding carboxylic acids is 2. The molecule has 2 aromatic rings. The lowest BCUT2D eigenvalue weighted by Gasteiger charge is -2.13. The van der Waals surface area contributed by atoms with Crippen LogP contribution in [0.4, 0.5) is 16.2 Å². The Bertz CT molecular complexity index is 1210. The minimum Gasteiger partial charge on any atom is -0.369 e. The van der Waals surface area contributed by atoms with Gasteiger partial charge in [-0.2, -0.15) is 4.99 Å². The summed E-state index contributed by atoms with van der Waals surface area (Å²) < 4.78 is 0. The molecule has 1 aliphatic heterocycles. The number of terminal acetylenes is 1. The second-order valence-electron chi connectivity index (χ2n) is 8.09. The van der Waals surface area contributed by atoms with Crippen LogP contribution in [-0.2, 0) is 11.3 Å². The highest BCUT2D eigenvalue weighted by Gasteiger charge is 2.18. The van der Waals surface area contributed by atoms with Gasteiger partial charge in [-0.15, -0.1) is 6.42 Å². The lowest BCUT2D eigenvalue weighted by molar-refractivity contribution is -0.123. The first-order chi connectivity index (χ1) is 16.7. The molecule has 3 amide bonds. The van der Waals surface area contributed by atoms with Gasteiger partial charge in [0.1, 0.15) is 0 Å². The Labute approximate surface area is 204 Å². The van der Waals surface area contributed by atoms with Gasteiger partial charge in [0.05, 0.1) is 5.69 Å². The fourth-order valence-corrected chi connectivity index (χ4v) is 3.41. The molecular weight excluding hydrogens is 444 g/mol. The number of nitrogens with one attached hydrogen (secondary N) is 2. The number of carbonyl (C=O) groups is 2. The minimum absolute atomic E-state index is 0.0882. The zero-order valence-electron chi connectivity index (χ0n) is 19.7. The Morgan fingerprint density at radius 2 is 1.80 bits per heavy atom. The second-order valence-corrected chi connectivity index (χ2v) is 8.09. The maximum Gasteiger partial charge on any atom is 0.325 e. The van der Waals surface area contributed by atoms with E-state index >= 15 is 0 Å². The molecule has 0 aromatic heterocycles. The molecule has 0 unspecified atom stereocenters. The number of nitrogens with two attached hydrogens (primary N) is 2. The fraction of sp³-hybridized carbons (Fsp3) is 0.200. The summed E-state index contributed by atoms with van der Waals surface area (Å²) in [4.78, 5) is 35.6. The zero-order chi connectivity index (χ0) is 25.4. The normalized spacial score (nSPS) is 13.9. The van der Waals surface area contributed by atoms with E-state index in [2.05, 4.69) is 31.4 Å². The third-order valence-corrected chi connectivity index (χ3v) is 5.00.